The Morgan fingerprint density at radius 1 is 1.24 bits per heavy atom. The second-order valence-corrected chi connectivity index (χ2v) is 4.61. The SMILES string of the molecule is CCn1cc(CN2CCN(CCN)CC2)cn1. The lowest BCUT2D eigenvalue weighted by atomic mass is 10.2. The Hall–Kier alpha value is -0.910. The first kappa shape index (κ1) is 12.5. The summed E-state index contributed by atoms with van der Waals surface area (Å²) in [5.41, 5.74) is 6.89. The van der Waals surface area contributed by atoms with E-state index in [1.54, 1.807) is 0 Å². The van der Waals surface area contributed by atoms with Gasteiger partial charge in [0.2, 0.25) is 0 Å². The van der Waals surface area contributed by atoms with Crippen LogP contribution in [0.15, 0.2) is 12.4 Å². The molecule has 1 fully saturated rings. The van der Waals surface area contributed by atoms with Gasteiger partial charge in [-0.15, -0.1) is 0 Å². The average molecular weight is 237 g/mol. The van der Waals surface area contributed by atoms with Gasteiger partial charge in [0.15, 0.2) is 0 Å². The summed E-state index contributed by atoms with van der Waals surface area (Å²) < 4.78 is 1.99. The Morgan fingerprint density at radius 3 is 2.53 bits per heavy atom. The lowest BCUT2D eigenvalue weighted by Gasteiger charge is -2.34. The van der Waals surface area contributed by atoms with Crippen molar-refractivity contribution in [2.75, 3.05) is 39.3 Å². The molecule has 1 aromatic rings. The number of rotatable bonds is 5. The van der Waals surface area contributed by atoms with Gasteiger partial charge in [-0.05, 0) is 6.92 Å². The van der Waals surface area contributed by atoms with Crippen molar-refractivity contribution in [2.24, 2.45) is 5.73 Å². The van der Waals surface area contributed by atoms with Gasteiger partial charge in [-0.25, -0.2) is 0 Å². The summed E-state index contributed by atoms with van der Waals surface area (Å²) in [5.74, 6) is 0. The lowest BCUT2D eigenvalue weighted by molar-refractivity contribution is 0.130. The van der Waals surface area contributed by atoms with Crippen LogP contribution in [0.1, 0.15) is 12.5 Å². The number of hydrogen-bond acceptors (Lipinski definition) is 4. The Morgan fingerprint density at radius 2 is 1.94 bits per heavy atom. The van der Waals surface area contributed by atoms with Gasteiger partial charge in [0.05, 0.1) is 6.20 Å². The minimum absolute atomic E-state index is 0.767. The van der Waals surface area contributed by atoms with E-state index in [1.165, 1.54) is 5.56 Å². The third-order valence-corrected chi connectivity index (χ3v) is 3.33. The van der Waals surface area contributed by atoms with Gasteiger partial charge >= 0.3 is 0 Å². The molecule has 0 amide bonds. The average Bonchev–Trinajstić information content (AvgIpc) is 2.80. The van der Waals surface area contributed by atoms with Crippen LogP contribution >= 0.6 is 0 Å². The minimum Gasteiger partial charge on any atom is -0.329 e. The maximum Gasteiger partial charge on any atom is 0.0534 e. The summed E-state index contributed by atoms with van der Waals surface area (Å²) in [5, 5.41) is 4.31. The van der Waals surface area contributed by atoms with Gasteiger partial charge in [-0.1, -0.05) is 0 Å². The van der Waals surface area contributed by atoms with Gasteiger partial charge in [0.1, 0.15) is 0 Å². The number of aromatic nitrogens is 2. The molecular weight excluding hydrogens is 214 g/mol. The van der Waals surface area contributed by atoms with Gasteiger partial charge in [-0.3, -0.25) is 14.5 Å². The highest BCUT2D eigenvalue weighted by Gasteiger charge is 2.16. The molecule has 0 bridgehead atoms. The van der Waals surface area contributed by atoms with Crippen molar-refractivity contribution in [3.05, 3.63) is 18.0 Å². The highest BCUT2D eigenvalue weighted by molar-refractivity contribution is 5.03. The molecule has 0 radical (unpaired) electrons. The summed E-state index contributed by atoms with van der Waals surface area (Å²) in [7, 11) is 0. The second kappa shape index (κ2) is 6.14. The minimum atomic E-state index is 0.767. The van der Waals surface area contributed by atoms with Crippen LogP contribution in [0.3, 0.4) is 0 Å². The third-order valence-electron chi connectivity index (χ3n) is 3.33. The molecule has 0 aromatic carbocycles. The Kier molecular flexibility index (Phi) is 4.53. The van der Waals surface area contributed by atoms with Crippen LogP contribution in [-0.2, 0) is 13.1 Å². The van der Waals surface area contributed by atoms with E-state index in [0.717, 1.165) is 52.4 Å². The molecule has 2 rings (SSSR count). The predicted octanol–water partition coefficient (Wildman–Crippen LogP) is -0.0207. The molecule has 0 unspecified atom stereocenters. The van der Waals surface area contributed by atoms with Crippen molar-refractivity contribution in [3.63, 3.8) is 0 Å². The molecule has 17 heavy (non-hydrogen) atoms. The molecule has 2 heterocycles. The quantitative estimate of drug-likeness (QED) is 0.782. The molecule has 2 N–H and O–H groups in total. The smallest absolute Gasteiger partial charge is 0.0534 e. The number of aryl methyl sites for hydroxylation is 1. The molecule has 0 aliphatic carbocycles. The molecule has 0 spiro atoms. The lowest BCUT2D eigenvalue weighted by Crippen LogP contribution is -2.47. The van der Waals surface area contributed by atoms with E-state index in [9.17, 15) is 0 Å². The zero-order valence-electron chi connectivity index (χ0n) is 10.7. The molecule has 1 aliphatic heterocycles. The van der Waals surface area contributed by atoms with Crippen LogP contribution in [-0.4, -0.2) is 58.8 Å². The molecule has 5 heteroatoms. The molecule has 1 aromatic heterocycles. The van der Waals surface area contributed by atoms with Crippen molar-refractivity contribution in [2.45, 2.75) is 20.0 Å². The van der Waals surface area contributed by atoms with E-state index in [0.29, 0.717) is 0 Å². The van der Waals surface area contributed by atoms with E-state index >= 15 is 0 Å². The maximum absolute atomic E-state index is 5.57. The largest absolute Gasteiger partial charge is 0.329 e. The first-order valence-electron chi connectivity index (χ1n) is 6.48. The standard InChI is InChI=1S/C12H23N5/c1-2-17-11-12(9-14-17)10-16-7-5-15(4-3-13)6-8-16/h9,11H,2-8,10,13H2,1H3. The molecule has 1 saturated heterocycles. The fourth-order valence-corrected chi connectivity index (χ4v) is 2.27. The Bertz CT molecular complexity index is 327. The fourth-order valence-electron chi connectivity index (χ4n) is 2.27. The second-order valence-electron chi connectivity index (χ2n) is 4.61. The van der Waals surface area contributed by atoms with Gasteiger partial charge < -0.3 is 5.73 Å². The van der Waals surface area contributed by atoms with Crippen LogP contribution in [0, 0.1) is 0 Å². The summed E-state index contributed by atoms with van der Waals surface area (Å²) in [6, 6.07) is 0. The first-order valence-corrected chi connectivity index (χ1v) is 6.48. The summed E-state index contributed by atoms with van der Waals surface area (Å²) in [6.07, 6.45) is 4.13. The van der Waals surface area contributed by atoms with Crippen molar-refractivity contribution in [3.8, 4) is 0 Å². The maximum atomic E-state index is 5.57. The first-order chi connectivity index (χ1) is 8.31. The van der Waals surface area contributed by atoms with Crippen LogP contribution in [0.4, 0.5) is 0 Å². The van der Waals surface area contributed by atoms with Crippen LogP contribution in [0.5, 0.6) is 0 Å². The highest BCUT2D eigenvalue weighted by atomic mass is 15.3. The van der Waals surface area contributed by atoms with Gasteiger partial charge in [0.25, 0.3) is 0 Å². The number of hydrogen-bond donors (Lipinski definition) is 1. The number of nitrogens with zero attached hydrogens (tertiary/aromatic N) is 4. The summed E-state index contributed by atoms with van der Waals surface area (Å²) in [6.45, 7) is 10.4. The third kappa shape index (κ3) is 3.52. The molecule has 1 aliphatic rings. The van der Waals surface area contributed by atoms with Crippen LogP contribution in [0.25, 0.3) is 0 Å². The predicted molar refractivity (Wildman–Crippen MR) is 68.7 cm³/mol. The Balaban J connectivity index is 1.77. The molecule has 96 valence electrons. The fraction of sp³-hybridized carbons (Fsp3) is 0.750. The van der Waals surface area contributed by atoms with E-state index in [4.69, 9.17) is 5.73 Å². The monoisotopic (exact) mass is 237 g/mol. The summed E-state index contributed by atoms with van der Waals surface area (Å²) in [4.78, 5) is 4.93. The van der Waals surface area contributed by atoms with Crippen molar-refractivity contribution < 1.29 is 0 Å². The topological polar surface area (TPSA) is 50.3 Å². The van der Waals surface area contributed by atoms with Gasteiger partial charge in [-0.2, -0.15) is 5.10 Å². The van der Waals surface area contributed by atoms with Gasteiger partial charge in [0, 0.05) is 64.1 Å². The van der Waals surface area contributed by atoms with Crippen molar-refractivity contribution in [1.29, 1.82) is 0 Å². The van der Waals surface area contributed by atoms with E-state index in [2.05, 4.69) is 28.0 Å². The zero-order chi connectivity index (χ0) is 12.1. The molecule has 0 saturated carbocycles. The summed E-state index contributed by atoms with van der Waals surface area (Å²) >= 11 is 0. The van der Waals surface area contributed by atoms with Crippen molar-refractivity contribution >= 4 is 0 Å². The Labute approximate surface area is 103 Å². The van der Waals surface area contributed by atoms with E-state index in [1.807, 2.05) is 10.9 Å². The number of piperazine rings is 1. The normalized spacial score (nSPS) is 18.7. The molecular formula is C12H23N5. The zero-order valence-corrected chi connectivity index (χ0v) is 10.7. The van der Waals surface area contributed by atoms with Crippen LogP contribution < -0.4 is 5.73 Å². The van der Waals surface area contributed by atoms with Crippen LogP contribution in [0.2, 0.25) is 0 Å². The molecule has 0 atom stereocenters. The number of nitrogens with two attached hydrogens (primary N) is 1. The highest BCUT2D eigenvalue weighted by Crippen LogP contribution is 2.07. The van der Waals surface area contributed by atoms with E-state index < -0.39 is 0 Å². The van der Waals surface area contributed by atoms with E-state index in [-0.39, 0.29) is 0 Å². The molecule has 5 nitrogen and oxygen atoms in total. The van der Waals surface area contributed by atoms with Crippen molar-refractivity contribution in [1.82, 2.24) is 19.6 Å².